The van der Waals surface area contributed by atoms with Crippen molar-refractivity contribution in [3.05, 3.63) is 0 Å². The van der Waals surface area contributed by atoms with Crippen molar-refractivity contribution in [2.45, 2.75) is 39.1 Å². The average molecular weight is 186 g/mol. The molecule has 78 valence electrons. The molecule has 1 fully saturated rings. The van der Waals surface area contributed by atoms with Gasteiger partial charge in [0.25, 0.3) is 0 Å². The van der Waals surface area contributed by atoms with Gasteiger partial charge in [-0.15, -0.1) is 0 Å². The van der Waals surface area contributed by atoms with E-state index >= 15 is 0 Å². The van der Waals surface area contributed by atoms with Crippen molar-refractivity contribution >= 4 is 0 Å². The Morgan fingerprint density at radius 1 is 1.15 bits per heavy atom. The summed E-state index contributed by atoms with van der Waals surface area (Å²) < 4.78 is 0. The smallest absolute Gasteiger partial charge is 0.0546 e. The van der Waals surface area contributed by atoms with Gasteiger partial charge in [0.2, 0.25) is 0 Å². The predicted molar refractivity (Wildman–Crippen MR) is 55.0 cm³/mol. The lowest BCUT2D eigenvalue weighted by molar-refractivity contribution is 0.0390. The van der Waals surface area contributed by atoms with Gasteiger partial charge < -0.3 is 11.5 Å². The number of nitrogens with zero attached hydrogens (tertiary/aromatic N) is 2. The number of nitrogens with two attached hydrogens (primary N) is 2. The second kappa shape index (κ2) is 4.37. The van der Waals surface area contributed by atoms with Gasteiger partial charge in [0.1, 0.15) is 0 Å². The average Bonchev–Trinajstić information content (AvgIpc) is 2.03. The van der Waals surface area contributed by atoms with E-state index in [1.165, 1.54) is 0 Å². The summed E-state index contributed by atoms with van der Waals surface area (Å²) in [6.07, 6.45) is 0.322. The molecule has 0 radical (unpaired) electrons. The second-order valence-electron chi connectivity index (χ2n) is 4.06. The Kier molecular flexibility index (Phi) is 3.67. The fourth-order valence-electron chi connectivity index (χ4n) is 1.97. The van der Waals surface area contributed by atoms with E-state index < -0.39 is 0 Å². The van der Waals surface area contributed by atoms with Gasteiger partial charge in [0.15, 0.2) is 0 Å². The highest BCUT2D eigenvalue weighted by Gasteiger charge is 2.26. The van der Waals surface area contributed by atoms with Crippen LogP contribution in [0, 0.1) is 0 Å². The van der Waals surface area contributed by atoms with Crippen LogP contribution in [0.4, 0.5) is 0 Å². The molecule has 1 heterocycles. The van der Waals surface area contributed by atoms with Crippen LogP contribution in [0.1, 0.15) is 20.8 Å². The molecule has 1 saturated heterocycles. The van der Waals surface area contributed by atoms with Crippen molar-refractivity contribution in [1.29, 1.82) is 0 Å². The molecule has 3 atom stereocenters. The molecule has 0 aromatic heterocycles. The molecule has 1 aliphatic rings. The van der Waals surface area contributed by atoms with Crippen molar-refractivity contribution in [3.8, 4) is 0 Å². The van der Waals surface area contributed by atoms with Crippen molar-refractivity contribution < 1.29 is 0 Å². The molecule has 0 aliphatic carbocycles. The maximum Gasteiger partial charge on any atom is 0.0546 e. The second-order valence-corrected chi connectivity index (χ2v) is 4.06. The Labute approximate surface area is 80.9 Å². The third-order valence-electron chi connectivity index (χ3n) is 2.81. The first-order valence-corrected chi connectivity index (χ1v) is 5.03. The van der Waals surface area contributed by atoms with Crippen LogP contribution >= 0.6 is 0 Å². The molecule has 0 amide bonds. The lowest BCUT2D eigenvalue weighted by atomic mass is 10.1. The van der Waals surface area contributed by atoms with Gasteiger partial charge in [0.05, 0.1) is 12.3 Å². The SMILES string of the molecule is CC(N)N1CCN(C(C)N)C(C)C1. The minimum Gasteiger partial charge on any atom is -0.316 e. The normalized spacial score (nSPS) is 31.6. The summed E-state index contributed by atoms with van der Waals surface area (Å²) in [5.74, 6) is 0. The van der Waals surface area contributed by atoms with Crippen LogP contribution in [0.3, 0.4) is 0 Å². The fourth-order valence-corrected chi connectivity index (χ4v) is 1.97. The molecule has 13 heavy (non-hydrogen) atoms. The van der Waals surface area contributed by atoms with E-state index in [1.54, 1.807) is 0 Å². The molecular formula is C9H22N4. The Balaban J connectivity index is 2.46. The van der Waals surface area contributed by atoms with E-state index in [4.69, 9.17) is 11.5 Å². The summed E-state index contributed by atoms with van der Waals surface area (Å²) in [6.45, 7) is 9.37. The maximum atomic E-state index is 5.86. The van der Waals surface area contributed by atoms with Gasteiger partial charge in [0, 0.05) is 25.7 Å². The van der Waals surface area contributed by atoms with E-state index in [0.717, 1.165) is 19.6 Å². The predicted octanol–water partition coefficient (Wildman–Crippen LogP) is -0.398. The highest BCUT2D eigenvalue weighted by atomic mass is 15.3. The number of rotatable bonds is 2. The zero-order valence-electron chi connectivity index (χ0n) is 8.90. The summed E-state index contributed by atoms with van der Waals surface area (Å²) in [7, 11) is 0. The van der Waals surface area contributed by atoms with Gasteiger partial charge >= 0.3 is 0 Å². The Hall–Kier alpha value is -0.160. The molecule has 3 unspecified atom stereocenters. The fraction of sp³-hybridized carbons (Fsp3) is 1.00. The summed E-state index contributed by atoms with van der Waals surface area (Å²) >= 11 is 0. The number of piperazine rings is 1. The summed E-state index contributed by atoms with van der Waals surface area (Å²) in [5.41, 5.74) is 11.7. The molecule has 1 aliphatic heterocycles. The minimum atomic E-state index is 0.158. The van der Waals surface area contributed by atoms with Crippen LogP contribution in [0.15, 0.2) is 0 Å². The first kappa shape index (κ1) is 10.9. The first-order chi connectivity index (χ1) is 6.02. The molecule has 0 saturated carbocycles. The van der Waals surface area contributed by atoms with Crippen molar-refractivity contribution in [2.24, 2.45) is 11.5 Å². The Morgan fingerprint density at radius 2 is 1.77 bits per heavy atom. The third-order valence-corrected chi connectivity index (χ3v) is 2.81. The number of hydrogen-bond donors (Lipinski definition) is 2. The Bertz CT molecular complexity index is 158. The van der Waals surface area contributed by atoms with Gasteiger partial charge in [-0.3, -0.25) is 9.80 Å². The molecule has 4 nitrogen and oxygen atoms in total. The lowest BCUT2D eigenvalue weighted by Crippen LogP contribution is -2.59. The first-order valence-electron chi connectivity index (χ1n) is 5.03. The maximum absolute atomic E-state index is 5.86. The van der Waals surface area contributed by atoms with Crippen molar-refractivity contribution in [1.82, 2.24) is 9.80 Å². The quantitative estimate of drug-likeness (QED) is 0.616. The van der Waals surface area contributed by atoms with Crippen LogP contribution in [0.5, 0.6) is 0 Å². The highest BCUT2D eigenvalue weighted by Crippen LogP contribution is 2.11. The van der Waals surface area contributed by atoms with Gasteiger partial charge in [-0.1, -0.05) is 0 Å². The topological polar surface area (TPSA) is 58.5 Å². The molecule has 1 rings (SSSR count). The van der Waals surface area contributed by atoms with Crippen LogP contribution in [-0.4, -0.2) is 47.8 Å². The van der Waals surface area contributed by atoms with Gasteiger partial charge in [-0.2, -0.15) is 0 Å². The van der Waals surface area contributed by atoms with E-state index in [9.17, 15) is 0 Å². The van der Waals surface area contributed by atoms with Crippen LogP contribution in [0.25, 0.3) is 0 Å². The monoisotopic (exact) mass is 186 g/mol. The van der Waals surface area contributed by atoms with Crippen molar-refractivity contribution in [2.75, 3.05) is 19.6 Å². The third kappa shape index (κ3) is 2.64. The van der Waals surface area contributed by atoms with Crippen LogP contribution < -0.4 is 11.5 Å². The van der Waals surface area contributed by atoms with Crippen LogP contribution in [-0.2, 0) is 0 Å². The molecule has 0 spiro atoms. The zero-order chi connectivity index (χ0) is 10.0. The molecule has 0 aromatic carbocycles. The van der Waals surface area contributed by atoms with Crippen molar-refractivity contribution in [3.63, 3.8) is 0 Å². The van der Waals surface area contributed by atoms with Gasteiger partial charge in [-0.05, 0) is 20.8 Å². The van der Waals surface area contributed by atoms with E-state index in [-0.39, 0.29) is 12.3 Å². The standard InChI is InChI=1S/C9H22N4/c1-7-6-12(8(2)10)4-5-13(7)9(3)11/h7-9H,4-6,10-11H2,1-3H3. The lowest BCUT2D eigenvalue weighted by Gasteiger charge is -2.43. The van der Waals surface area contributed by atoms with E-state index in [1.807, 2.05) is 13.8 Å². The summed E-state index contributed by atoms with van der Waals surface area (Å²) in [4.78, 5) is 4.61. The molecule has 4 N–H and O–H groups in total. The zero-order valence-corrected chi connectivity index (χ0v) is 8.90. The Morgan fingerprint density at radius 3 is 2.15 bits per heavy atom. The molecule has 0 aromatic rings. The van der Waals surface area contributed by atoms with E-state index in [2.05, 4.69) is 16.7 Å². The molecule has 0 bridgehead atoms. The largest absolute Gasteiger partial charge is 0.316 e. The highest BCUT2D eigenvalue weighted by molar-refractivity contribution is 4.81. The number of hydrogen-bond acceptors (Lipinski definition) is 4. The summed E-state index contributed by atoms with van der Waals surface area (Å²) in [6, 6.07) is 0.514. The van der Waals surface area contributed by atoms with Gasteiger partial charge in [-0.25, -0.2) is 0 Å². The van der Waals surface area contributed by atoms with E-state index in [0.29, 0.717) is 6.04 Å². The summed E-state index contributed by atoms with van der Waals surface area (Å²) in [5, 5.41) is 0. The minimum absolute atomic E-state index is 0.158. The molecular weight excluding hydrogens is 164 g/mol. The van der Waals surface area contributed by atoms with Crippen LogP contribution in [0.2, 0.25) is 0 Å². The molecule has 4 heteroatoms.